The number of nitrogens with zero attached hydrogens (tertiary/aromatic N) is 2. The minimum absolute atomic E-state index is 0.0892. The number of fused-ring (bicyclic) bond motifs is 1. The van der Waals surface area contributed by atoms with Crippen molar-refractivity contribution in [1.82, 2.24) is 9.97 Å². The van der Waals surface area contributed by atoms with Gasteiger partial charge in [0.2, 0.25) is 11.8 Å². The van der Waals surface area contributed by atoms with E-state index in [2.05, 4.69) is 23.0 Å². The van der Waals surface area contributed by atoms with Crippen LogP contribution in [0.2, 0.25) is 0 Å². The zero-order valence-electron chi connectivity index (χ0n) is 12.0. The molecule has 0 amide bonds. The van der Waals surface area contributed by atoms with Crippen LogP contribution < -0.4 is 10.5 Å². The van der Waals surface area contributed by atoms with Crippen molar-refractivity contribution in [2.45, 2.75) is 26.4 Å². The van der Waals surface area contributed by atoms with E-state index in [-0.39, 0.29) is 12.1 Å². The standard InChI is InChI=1S/C16H17N3OS/c1-3-12-9-13-14(18-16(17)19-15(13)21-12)20-10(2)11-7-5-4-6-8-11/h4-10H,3H2,1-2H3,(H2,17,18,19). The number of aryl methyl sites for hydroxylation is 1. The third-order valence-electron chi connectivity index (χ3n) is 3.33. The lowest BCUT2D eigenvalue weighted by Gasteiger charge is -2.14. The van der Waals surface area contributed by atoms with Gasteiger partial charge in [0, 0.05) is 4.88 Å². The molecule has 4 nitrogen and oxygen atoms in total. The number of ether oxygens (including phenoxy) is 1. The highest BCUT2D eigenvalue weighted by molar-refractivity contribution is 7.18. The molecular formula is C16H17N3OS. The summed E-state index contributed by atoms with van der Waals surface area (Å²) in [6, 6.07) is 12.2. The summed E-state index contributed by atoms with van der Waals surface area (Å²) in [5, 5.41) is 0.939. The van der Waals surface area contributed by atoms with Gasteiger partial charge >= 0.3 is 0 Å². The number of benzene rings is 1. The molecular weight excluding hydrogens is 282 g/mol. The summed E-state index contributed by atoms with van der Waals surface area (Å²) < 4.78 is 6.03. The van der Waals surface area contributed by atoms with Crippen molar-refractivity contribution < 1.29 is 4.74 Å². The van der Waals surface area contributed by atoms with E-state index in [1.54, 1.807) is 11.3 Å². The number of rotatable bonds is 4. The Labute approximate surface area is 127 Å². The van der Waals surface area contributed by atoms with Crippen molar-refractivity contribution in [3.8, 4) is 5.88 Å². The van der Waals surface area contributed by atoms with E-state index in [0.29, 0.717) is 5.88 Å². The van der Waals surface area contributed by atoms with Crippen molar-refractivity contribution in [3.05, 3.63) is 46.8 Å². The number of hydrogen-bond acceptors (Lipinski definition) is 5. The maximum absolute atomic E-state index is 6.03. The normalized spacial score (nSPS) is 12.5. The van der Waals surface area contributed by atoms with E-state index in [9.17, 15) is 0 Å². The monoisotopic (exact) mass is 299 g/mol. The summed E-state index contributed by atoms with van der Waals surface area (Å²) in [5.41, 5.74) is 6.90. The number of nitrogen functional groups attached to an aromatic ring is 1. The van der Waals surface area contributed by atoms with Crippen LogP contribution >= 0.6 is 11.3 Å². The van der Waals surface area contributed by atoms with Crippen LogP contribution in [0.3, 0.4) is 0 Å². The van der Waals surface area contributed by atoms with Gasteiger partial charge in [-0.25, -0.2) is 4.98 Å². The Kier molecular flexibility index (Phi) is 3.75. The molecule has 1 unspecified atom stereocenters. The van der Waals surface area contributed by atoms with Gasteiger partial charge in [0.05, 0.1) is 5.39 Å². The first-order valence-corrected chi connectivity index (χ1v) is 7.76. The van der Waals surface area contributed by atoms with Crippen LogP contribution in [-0.4, -0.2) is 9.97 Å². The minimum atomic E-state index is -0.0892. The van der Waals surface area contributed by atoms with Gasteiger partial charge < -0.3 is 10.5 Å². The van der Waals surface area contributed by atoms with E-state index in [1.165, 1.54) is 4.88 Å². The second-order valence-electron chi connectivity index (χ2n) is 4.84. The van der Waals surface area contributed by atoms with E-state index in [0.717, 1.165) is 22.2 Å². The summed E-state index contributed by atoms with van der Waals surface area (Å²) in [4.78, 5) is 10.7. The molecule has 21 heavy (non-hydrogen) atoms. The fourth-order valence-electron chi connectivity index (χ4n) is 2.18. The number of hydrogen-bond donors (Lipinski definition) is 1. The molecule has 0 spiro atoms. The van der Waals surface area contributed by atoms with Crippen molar-refractivity contribution in [2.24, 2.45) is 0 Å². The number of anilines is 1. The summed E-state index contributed by atoms with van der Waals surface area (Å²) >= 11 is 1.64. The van der Waals surface area contributed by atoms with Gasteiger partial charge in [-0.15, -0.1) is 11.3 Å². The predicted molar refractivity (Wildman–Crippen MR) is 86.7 cm³/mol. The van der Waals surface area contributed by atoms with Crippen LogP contribution in [0.1, 0.15) is 30.4 Å². The van der Waals surface area contributed by atoms with Gasteiger partial charge in [-0.1, -0.05) is 37.3 Å². The molecule has 2 aromatic heterocycles. The molecule has 0 aliphatic rings. The smallest absolute Gasteiger partial charge is 0.227 e. The second-order valence-corrected chi connectivity index (χ2v) is 5.96. The average molecular weight is 299 g/mol. The van der Waals surface area contributed by atoms with Gasteiger partial charge in [0.25, 0.3) is 0 Å². The number of thiophene rings is 1. The van der Waals surface area contributed by atoms with Gasteiger partial charge in [0.15, 0.2) is 0 Å². The van der Waals surface area contributed by atoms with Crippen molar-refractivity contribution in [3.63, 3.8) is 0 Å². The zero-order valence-corrected chi connectivity index (χ0v) is 12.9. The van der Waals surface area contributed by atoms with Crippen molar-refractivity contribution >= 4 is 27.5 Å². The molecule has 0 fully saturated rings. The highest BCUT2D eigenvalue weighted by Crippen LogP contribution is 2.33. The number of aromatic nitrogens is 2. The first kappa shape index (κ1) is 13.8. The first-order chi connectivity index (χ1) is 10.2. The molecule has 1 aromatic carbocycles. The Morgan fingerprint density at radius 3 is 2.71 bits per heavy atom. The Morgan fingerprint density at radius 2 is 2.00 bits per heavy atom. The van der Waals surface area contributed by atoms with Gasteiger partial charge in [-0.2, -0.15) is 4.98 Å². The summed E-state index contributed by atoms with van der Waals surface area (Å²) in [5.74, 6) is 0.812. The van der Waals surface area contributed by atoms with E-state index < -0.39 is 0 Å². The Balaban J connectivity index is 1.98. The Morgan fingerprint density at radius 1 is 1.24 bits per heavy atom. The molecule has 1 atom stereocenters. The average Bonchev–Trinajstić information content (AvgIpc) is 2.91. The molecule has 0 saturated heterocycles. The van der Waals surface area contributed by atoms with Gasteiger partial charge in [0.1, 0.15) is 10.9 Å². The molecule has 5 heteroatoms. The maximum atomic E-state index is 6.03. The lowest BCUT2D eigenvalue weighted by Crippen LogP contribution is -2.06. The largest absolute Gasteiger partial charge is 0.469 e. The highest BCUT2D eigenvalue weighted by atomic mass is 32.1. The lowest BCUT2D eigenvalue weighted by atomic mass is 10.1. The molecule has 2 N–H and O–H groups in total. The fraction of sp³-hybridized carbons (Fsp3) is 0.250. The van der Waals surface area contributed by atoms with E-state index in [1.807, 2.05) is 37.3 Å². The van der Waals surface area contributed by atoms with E-state index >= 15 is 0 Å². The Hall–Kier alpha value is -2.14. The molecule has 0 radical (unpaired) electrons. The molecule has 2 heterocycles. The third-order valence-corrected chi connectivity index (χ3v) is 4.51. The van der Waals surface area contributed by atoms with Crippen LogP contribution in [-0.2, 0) is 6.42 Å². The quantitative estimate of drug-likeness (QED) is 0.791. The fourth-order valence-corrected chi connectivity index (χ4v) is 3.15. The first-order valence-electron chi connectivity index (χ1n) is 6.95. The third kappa shape index (κ3) is 2.83. The van der Waals surface area contributed by atoms with Crippen LogP contribution in [0.25, 0.3) is 10.2 Å². The molecule has 3 aromatic rings. The second kappa shape index (κ2) is 5.69. The highest BCUT2D eigenvalue weighted by Gasteiger charge is 2.15. The van der Waals surface area contributed by atoms with Crippen LogP contribution in [0.4, 0.5) is 5.95 Å². The summed E-state index contributed by atoms with van der Waals surface area (Å²) in [6.45, 7) is 4.13. The molecule has 0 aliphatic heterocycles. The van der Waals surface area contributed by atoms with E-state index in [4.69, 9.17) is 10.5 Å². The molecule has 0 bridgehead atoms. The Bertz CT molecular complexity index is 755. The topological polar surface area (TPSA) is 61.0 Å². The van der Waals surface area contributed by atoms with Gasteiger partial charge in [-0.3, -0.25) is 0 Å². The van der Waals surface area contributed by atoms with Crippen LogP contribution in [0.15, 0.2) is 36.4 Å². The van der Waals surface area contributed by atoms with Crippen molar-refractivity contribution in [2.75, 3.05) is 5.73 Å². The van der Waals surface area contributed by atoms with Gasteiger partial charge in [-0.05, 0) is 25.0 Å². The lowest BCUT2D eigenvalue weighted by molar-refractivity contribution is 0.221. The zero-order chi connectivity index (χ0) is 14.8. The molecule has 108 valence electrons. The summed E-state index contributed by atoms with van der Waals surface area (Å²) in [7, 11) is 0. The predicted octanol–water partition coefficient (Wildman–Crippen LogP) is 3.98. The summed E-state index contributed by atoms with van der Waals surface area (Å²) in [6.07, 6.45) is 0.878. The van der Waals surface area contributed by atoms with Crippen LogP contribution in [0.5, 0.6) is 5.88 Å². The van der Waals surface area contributed by atoms with Crippen molar-refractivity contribution in [1.29, 1.82) is 0 Å². The van der Waals surface area contributed by atoms with Crippen LogP contribution in [0, 0.1) is 0 Å². The molecule has 3 rings (SSSR count). The molecule has 0 aliphatic carbocycles. The minimum Gasteiger partial charge on any atom is -0.469 e. The maximum Gasteiger partial charge on any atom is 0.227 e. The molecule has 0 saturated carbocycles. The SMILES string of the molecule is CCc1cc2c(OC(C)c3ccccc3)nc(N)nc2s1. The number of nitrogens with two attached hydrogens (primary N) is 1.